The van der Waals surface area contributed by atoms with E-state index in [4.69, 9.17) is 9.47 Å². The quantitative estimate of drug-likeness (QED) is 0.555. The lowest BCUT2D eigenvalue weighted by atomic mass is 9.43. The van der Waals surface area contributed by atoms with E-state index in [9.17, 15) is 9.90 Å². The molecule has 2 aromatic carbocycles. The van der Waals surface area contributed by atoms with E-state index in [1.54, 1.807) is 6.07 Å². The van der Waals surface area contributed by atoms with Crippen molar-refractivity contribution >= 4 is 5.78 Å². The molecule has 5 aliphatic rings. The summed E-state index contributed by atoms with van der Waals surface area (Å²) in [6.45, 7) is 0.702. The molecule has 178 valence electrons. The average molecular weight is 459 g/mol. The molecular formula is C30H34O4. The first kappa shape index (κ1) is 21.0. The number of hydrogen-bond donors (Lipinski definition) is 1. The van der Waals surface area contributed by atoms with Crippen molar-refractivity contribution in [2.75, 3.05) is 6.61 Å². The van der Waals surface area contributed by atoms with Crippen molar-refractivity contribution in [3.63, 3.8) is 0 Å². The molecule has 34 heavy (non-hydrogen) atoms. The predicted octanol–water partition coefficient (Wildman–Crippen LogP) is 5.52. The van der Waals surface area contributed by atoms with Gasteiger partial charge in [-0.3, -0.25) is 4.79 Å². The molecule has 0 saturated heterocycles. The zero-order valence-corrected chi connectivity index (χ0v) is 19.8. The highest BCUT2D eigenvalue weighted by Crippen LogP contribution is 2.69. The summed E-state index contributed by atoms with van der Waals surface area (Å²) in [6.07, 6.45) is 9.86. The molecule has 1 spiro atoms. The summed E-state index contributed by atoms with van der Waals surface area (Å²) < 4.78 is 13.5. The minimum atomic E-state index is -0.512. The third-order valence-electron chi connectivity index (χ3n) is 9.81. The summed E-state index contributed by atoms with van der Waals surface area (Å²) in [6, 6.07) is 14.5. The summed E-state index contributed by atoms with van der Waals surface area (Å²) in [5, 5.41) is 10.7. The first-order valence-corrected chi connectivity index (χ1v) is 13.3. The van der Waals surface area contributed by atoms with Gasteiger partial charge in [0.2, 0.25) is 0 Å². The predicted molar refractivity (Wildman–Crippen MR) is 129 cm³/mol. The largest absolute Gasteiger partial charge is 0.504 e. The molecule has 1 aliphatic heterocycles. The van der Waals surface area contributed by atoms with Crippen molar-refractivity contribution in [3.05, 3.63) is 59.2 Å². The van der Waals surface area contributed by atoms with Crippen LogP contribution < -0.4 is 4.74 Å². The molecule has 4 heteroatoms. The molecular weight excluding hydrogens is 424 g/mol. The second-order valence-corrected chi connectivity index (χ2v) is 11.5. The third-order valence-corrected chi connectivity index (χ3v) is 9.81. The van der Waals surface area contributed by atoms with Gasteiger partial charge in [0.25, 0.3) is 0 Å². The number of benzene rings is 2. The van der Waals surface area contributed by atoms with Crippen molar-refractivity contribution in [3.8, 4) is 11.5 Å². The van der Waals surface area contributed by atoms with E-state index in [0.717, 1.165) is 50.0 Å². The standard InChI is InChI=1S/C30H34O4/c31-24-11-10-22-18-23-21(17-20-8-9-20)12-14-29-26(22)27(24)34-28(29)25(32)13-15-30(23,29)33-16-4-7-19-5-2-1-3-6-19/h1-3,5-6,10-11,20-21,23,28,31H,4,7-9,12-18H2/t21?,23-,28-,29-,30+/m0/s1. The van der Waals surface area contributed by atoms with Gasteiger partial charge in [-0.15, -0.1) is 0 Å². The van der Waals surface area contributed by atoms with Gasteiger partial charge in [0.15, 0.2) is 23.4 Å². The van der Waals surface area contributed by atoms with Crippen LogP contribution in [0.2, 0.25) is 0 Å². The highest BCUT2D eigenvalue weighted by molar-refractivity contribution is 5.90. The molecule has 1 heterocycles. The monoisotopic (exact) mass is 458 g/mol. The lowest BCUT2D eigenvalue weighted by molar-refractivity contribution is -0.215. The minimum Gasteiger partial charge on any atom is -0.504 e. The Kier molecular flexibility index (Phi) is 4.68. The molecule has 2 aromatic rings. The minimum absolute atomic E-state index is 0.173. The van der Waals surface area contributed by atoms with Gasteiger partial charge < -0.3 is 14.6 Å². The first-order valence-electron chi connectivity index (χ1n) is 13.3. The van der Waals surface area contributed by atoms with E-state index >= 15 is 0 Å². The molecule has 4 aliphatic carbocycles. The van der Waals surface area contributed by atoms with Gasteiger partial charge >= 0.3 is 0 Å². The Bertz CT molecular complexity index is 1120. The number of ketones is 1. The SMILES string of the molecule is O=C1CC[C@@]2(OCCCc3ccccc3)[C@H]3Cc4ccc(O)c5c4[C@@]2(CCC3CC2CC2)[C@H]1O5. The lowest BCUT2D eigenvalue weighted by Gasteiger charge is -2.64. The summed E-state index contributed by atoms with van der Waals surface area (Å²) >= 11 is 0. The van der Waals surface area contributed by atoms with Crippen molar-refractivity contribution in [2.24, 2.45) is 17.8 Å². The van der Waals surface area contributed by atoms with Crippen molar-refractivity contribution in [1.29, 1.82) is 0 Å². The zero-order chi connectivity index (χ0) is 22.9. The second-order valence-electron chi connectivity index (χ2n) is 11.5. The Hall–Kier alpha value is -2.33. The van der Waals surface area contributed by atoms with Crippen LogP contribution in [0.1, 0.15) is 68.1 Å². The van der Waals surface area contributed by atoms with E-state index in [2.05, 4.69) is 36.4 Å². The van der Waals surface area contributed by atoms with Crippen LogP contribution in [0.15, 0.2) is 42.5 Å². The van der Waals surface area contributed by atoms with Gasteiger partial charge in [-0.2, -0.15) is 0 Å². The molecule has 2 bridgehead atoms. The molecule has 0 aromatic heterocycles. The van der Waals surface area contributed by atoms with Crippen LogP contribution in [0.4, 0.5) is 0 Å². The number of aryl methyl sites for hydroxylation is 1. The van der Waals surface area contributed by atoms with Crippen molar-refractivity contribution in [1.82, 2.24) is 0 Å². The second kappa shape index (κ2) is 7.58. The van der Waals surface area contributed by atoms with Crippen LogP contribution in [0.3, 0.4) is 0 Å². The molecule has 3 saturated carbocycles. The van der Waals surface area contributed by atoms with Gasteiger partial charge in [-0.1, -0.05) is 49.2 Å². The van der Waals surface area contributed by atoms with Crippen LogP contribution in [-0.2, 0) is 27.8 Å². The summed E-state index contributed by atoms with van der Waals surface area (Å²) in [5.41, 5.74) is 2.91. The number of hydrogen-bond acceptors (Lipinski definition) is 4. The van der Waals surface area contributed by atoms with Gasteiger partial charge in [0, 0.05) is 18.6 Å². The highest BCUT2D eigenvalue weighted by atomic mass is 16.5. The smallest absolute Gasteiger partial charge is 0.174 e. The zero-order valence-electron chi connectivity index (χ0n) is 19.8. The van der Waals surface area contributed by atoms with Gasteiger partial charge in [0.05, 0.1) is 11.0 Å². The van der Waals surface area contributed by atoms with Crippen molar-refractivity contribution < 1.29 is 19.4 Å². The van der Waals surface area contributed by atoms with Crippen LogP contribution in [0.25, 0.3) is 0 Å². The maximum atomic E-state index is 13.3. The normalized spacial score (nSPS) is 35.1. The fourth-order valence-electron chi connectivity index (χ4n) is 8.27. The van der Waals surface area contributed by atoms with E-state index in [-0.39, 0.29) is 17.1 Å². The lowest BCUT2D eigenvalue weighted by Crippen LogP contribution is -2.72. The Morgan fingerprint density at radius 2 is 1.91 bits per heavy atom. The van der Waals surface area contributed by atoms with Gasteiger partial charge in [-0.05, 0) is 79.9 Å². The number of phenols is 1. The first-order chi connectivity index (χ1) is 16.6. The summed E-state index contributed by atoms with van der Waals surface area (Å²) in [4.78, 5) is 13.3. The summed E-state index contributed by atoms with van der Waals surface area (Å²) in [7, 11) is 0. The molecule has 1 N–H and O–H groups in total. The van der Waals surface area contributed by atoms with Gasteiger partial charge in [0.1, 0.15) is 0 Å². The average Bonchev–Trinajstić information content (AvgIpc) is 3.59. The topological polar surface area (TPSA) is 55.8 Å². The summed E-state index contributed by atoms with van der Waals surface area (Å²) in [5.74, 6) is 2.87. The molecule has 1 unspecified atom stereocenters. The molecule has 0 radical (unpaired) electrons. The number of carbonyl (C=O) groups excluding carboxylic acids is 1. The van der Waals surface area contributed by atoms with E-state index < -0.39 is 11.5 Å². The number of Topliss-reactive ketones (excluding diaryl/α,β-unsaturated/α-hetero) is 1. The van der Waals surface area contributed by atoms with E-state index in [0.29, 0.717) is 30.6 Å². The fourth-order valence-corrected chi connectivity index (χ4v) is 8.27. The number of aromatic hydroxyl groups is 1. The number of carbonyl (C=O) groups is 1. The molecule has 4 nitrogen and oxygen atoms in total. The molecule has 5 atom stereocenters. The number of ether oxygens (including phenoxy) is 2. The number of phenolic OH excluding ortho intramolecular Hbond substituents is 1. The number of rotatable bonds is 7. The maximum absolute atomic E-state index is 13.3. The fraction of sp³-hybridized carbons (Fsp3) is 0.567. The maximum Gasteiger partial charge on any atom is 0.174 e. The Labute approximate surface area is 201 Å². The molecule has 0 amide bonds. The van der Waals surface area contributed by atoms with Crippen LogP contribution >= 0.6 is 0 Å². The van der Waals surface area contributed by atoms with Crippen LogP contribution in [0.5, 0.6) is 11.5 Å². The molecule has 7 rings (SSSR count). The highest BCUT2D eigenvalue weighted by Gasteiger charge is 2.74. The Balaban J connectivity index is 1.28. The molecule has 3 fully saturated rings. The Morgan fingerprint density at radius 1 is 1.06 bits per heavy atom. The van der Waals surface area contributed by atoms with Crippen LogP contribution in [-0.4, -0.2) is 29.2 Å². The van der Waals surface area contributed by atoms with E-state index in [1.165, 1.54) is 30.4 Å². The van der Waals surface area contributed by atoms with Gasteiger partial charge in [-0.25, -0.2) is 0 Å². The Morgan fingerprint density at radius 3 is 2.74 bits per heavy atom. The third kappa shape index (κ3) is 2.84. The van der Waals surface area contributed by atoms with Crippen molar-refractivity contribution in [2.45, 2.75) is 81.3 Å². The van der Waals surface area contributed by atoms with Crippen LogP contribution in [0, 0.1) is 17.8 Å². The van der Waals surface area contributed by atoms with E-state index in [1.807, 2.05) is 0 Å².